The number of allylic oxidation sites excluding steroid dienone is 1. The van der Waals surface area contributed by atoms with Crippen molar-refractivity contribution in [2.75, 3.05) is 7.11 Å². The van der Waals surface area contributed by atoms with Crippen molar-refractivity contribution >= 4 is 12.4 Å². The van der Waals surface area contributed by atoms with E-state index < -0.39 is 0 Å². The van der Waals surface area contributed by atoms with Gasteiger partial charge in [-0.05, 0) is 11.6 Å². The van der Waals surface area contributed by atoms with E-state index in [1.807, 2.05) is 12.1 Å². The monoisotopic (exact) mass is 177 g/mol. The smallest absolute Gasteiger partial charge is 0.212 e. The van der Waals surface area contributed by atoms with Gasteiger partial charge in [0.25, 0.3) is 0 Å². The van der Waals surface area contributed by atoms with Crippen molar-refractivity contribution in [3.63, 3.8) is 0 Å². The van der Waals surface area contributed by atoms with Gasteiger partial charge in [-0.2, -0.15) is 0 Å². The molecule has 0 unspecified atom stereocenters. The van der Waals surface area contributed by atoms with Crippen molar-refractivity contribution in [3.8, 4) is 5.88 Å². The predicted octanol–water partition coefficient (Wildman–Crippen LogP) is 1.69. The summed E-state index contributed by atoms with van der Waals surface area (Å²) in [4.78, 5) is 14.0. The zero-order valence-electron chi connectivity index (χ0n) is 7.43. The number of methoxy groups -OCH3 is 1. The Morgan fingerprint density at radius 1 is 1.54 bits per heavy atom. The highest BCUT2D eigenvalue weighted by atomic mass is 16.5. The van der Waals surface area contributed by atoms with Crippen molar-refractivity contribution in [2.45, 2.75) is 6.42 Å². The Hall–Kier alpha value is -1.64. The molecule has 68 valence electrons. The van der Waals surface area contributed by atoms with Crippen LogP contribution in [0, 0.1) is 0 Å². The number of aldehydes is 1. The highest BCUT2D eigenvalue weighted by molar-refractivity contribution is 5.57. The average molecular weight is 177 g/mol. The average Bonchev–Trinajstić information content (AvgIpc) is 2.19. The van der Waals surface area contributed by atoms with Gasteiger partial charge in [-0.15, -0.1) is 0 Å². The van der Waals surface area contributed by atoms with Crippen LogP contribution in [0.5, 0.6) is 5.88 Å². The van der Waals surface area contributed by atoms with E-state index in [0.29, 0.717) is 12.3 Å². The third-order valence-corrected chi connectivity index (χ3v) is 1.51. The van der Waals surface area contributed by atoms with Gasteiger partial charge in [-0.1, -0.05) is 12.2 Å². The zero-order valence-corrected chi connectivity index (χ0v) is 7.43. The number of pyridine rings is 1. The normalized spacial score (nSPS) is 10.2. The first-order valence-electron chi connectivity index (χ1n) is 3.97. The van der Waals surface area contributed by atoms with Crippen LogP contribution < -0.4 is 4.74 Å². The van der Waals surface area contributed by atoms with Crippen LogP contribution in [-0.2, 0) is 4.79 Å². The number of hydrogen-bond donors (Lipinski definition) is 0. The van der Waals surface area contributed by atoms with E-state index in [-0.39, 0.29) is 0 Å². The fraction of sp³-hybridized carbons (Fsp3) is 0.200. The largest absolute Gasteiger partial charge is 0.481 e. The molecule has 1 rings (SSSR count). The predicted molar refractivity (Wildman–Crippen MR) is 50.5 cm³/mol. The Balaban J connectivity index is 2.63. The lowest BCUT2D eigenvalue weighted by atomic mass is 10.2. The highest BCUT2D eigenvalue weighted by Crippen LogP contribution is 2.07. The van der Waals surface area contributed by atoms with Crippen LogP contribution in [0.3, 0.4) is 0 Å². The SMILES string of the molecule is COc1ccc(C=CCC=O)cn1. The maximum Gasteiger partial charge on any atom is 0.212 e. The van der Waals surface area contributed by atoms with Gasteiger partial charge in [0.15, 0.2) is 0 Å². The van der Waals surface area contributed by atoms with E-state index in [1.54, 1.807) is 25.4 Å². The Morgan fingerprint density at radius 3 is 2.92 bits per heavy atom. The molecule has 0 fully saturated rings. The zero-order chi connectivity index (χ0) is 9.52. The third-order valence-electron chi connectivity index (χ3n) is 1.51. The standard InChI is InChI=1S/C10H11NO2/c1-13-10-6-5-9(8-11-10)4-2-3-7-12/h2,4-8H,3H2,1H3. The minimum Gasteiger partial charge on any atom is -0.481 e. The third kappa shape index (κ3) is 3.07. The van der Waals surface area contributed by atoms with Gasteiger partial charge in [0.1, 0.15) is 6.29 Å². The Bertz CT molecular complexity index is 290. The van der Waals surface area contributed by atoms with Crippen LogP contribution in [0.15, 0.2) is 24.4 Å². The van der Waals surface area contributed by atoms with Gasteiger partial charge >= 0.3 is 0 Å². The second kappa shape index (κ2) is 5.09. The minimum absolute atomic E-state index is 0.437. The lowest BCUT2D eigenvalue weighted by Crippen LogP contribution is -1.86. The summed E-state index contributed by atoms with van der Waals surface area (Å²) in [6.07, 6.45) is 6.62. The minimum atomic E-state index is 0.437. The molecule has 0 radical (unpaired) electrons. The molecule has 0 bridgehead atoms. The van der Waals surface area contributed by atoms with Crippen LogP contribution in [-0.4, -0.2) is 18.4 Å². The molecule has 13 heavy (non-hydrogen) atoms. The molecule has 3 nitrogen and oxygen atoms in total. The molecule has 1 aromatic rings. The van der Waals surface area contributed by atoms with Gasteiger partial charge < -0.3 is 9.53 Å². The fourth-order valence-electron chi connectivity index (χ4n) is 0.871. The first kappa shape index (κ1) is 9.45. The summed E-state index contributed by atoms with van der Waals surface area (Å²) in [5, 5.41) is 0. The highest BCUT2D eigenvalue weighted by Gasteiger charge is 1.90. The van der Waals surface area contributed by atoms with Gasteiger partial charge in [-0.3, -0.25) is 0 Å². The molecular weight excluding hydrogens is 166 g/mol. The summed E-state index contributed by atoms with van der Waals surface area (Å²) in [5.41, 5.74) is 0.961. The van der Waals surface area contributed by atoms with Crippen LogP contribution >= 0.6 is 0 Å². The van der Waals surface area contributed by atoms with E-state index in [1.165, 1.54) is 0 Å². The number of ether oxygens (including phenoxy) is 1. The Morgan fingerprint density at radius 2 is 2.38 bits per heavy atom. The molecule has 0 aliphatic rings. The van der Waals surface area contributed by atoms with Crippen molar-refractivity contribution < 1.29 is 9.53 Å². The number of hydrogen-bond acceptors (Lipinski definition) is 3. The number of aromatic nitrogens is 1. The molecule has 0 aliphatic carbocycles. The first-order chi connectivity index (χ1) is 6.36. The van der Waals surface area contributed by atoms with Crippen LogP contribution in [0.1, 0.15) is 12.0 Å². The van der Waals surface area contributed by atoms with Gasteiger partial charge in [0.2, 0.25) is 5.88 Å². The van der Waals surface area contributed by atoms with E-state index in [2.05, 4.69) is 4.98 Å². The van der Waals surface area contributed by atoms with Crippen molar-refractivity contribution in [1.29, 1.82) is 0 Å². The Kier molecular flexibility index (Phi) is 3.70. The van der Waals surface area contributed by atoms with E-state index in [0.717, 1.165) is 11.8 Å². The maximum atomic E-state index is 10.0. The quantitative estimate of drug-likeness (QED) is 0.657. The number of rotatable bonds is 4. The molecule has 0 saturated heterocycles. The summed E-state index contributed by atoms with van der Waals surface area (Å²) >= 11 is 0. The number of carbonyl (C=O) groups is 1. The lowest BCUT2D eigenvalue weighted by Gasteiger charge is -1.97. The number of nitrogens with zero attached hydrogens (tertiary/aromatic N) is 1. The van der Waals surface area contributed by atoms with Crippen molar-refractivity contribution in [3.05, 3.63) is 30.0 Å². The van der Waals surface area contributed by atoms with Gasteiger partial charge in [0.05, 0.1) is 7.11 Å². The fourth-order valence-corrected chi connectivity index (χ4v) is 0.871. The molecule has 0 N–H and O–H groups in total. The molecule has 3 heteroatoms. The second-order valence-electron chi connectivity index (χ2n) is 2.44. The van der Waals surface area contributed by atoms with Gasteiger partial charge in [-0.25, -0.2) is 4.98 Å². The van der Waals surface area contributed by atoms with Crippen LogP contribution in [0.2, 0.25) is 0 Å². The van der Waals surface area contributed by atoms with E-state index in [4.69, 9.17) is 4.74 Å². The topological polar surface area (TPSA) is 39.2 Å². The lowest BCUT2D eigenvalue weighted by molar-refractivity contribution is -0.107. The molecular formula is C10H11NO2. The number of carbonyl (C=O) groups excluding carboxylic acids is 1. The molecule has 0 aromatic carbocycles. The van der Waals surface area contributed by atoms with Gasteiger partial charge in [0, 0.05) is 18.7 Å². The summed E-state index contributed by atoms with van der Waals surface area (Å²) < 4.78 is 4.90. The van der Waals surface area contributed by atoms with Crippen molar-refractivity contribution in [2.24, 2.45) is 0 Å². The van der Waals surface area contributed by atoms with Crippen LogP contribution in [0.4, 0.5) is 0 Å². The molecule has 0 atom stereocenters. The van der Waals surface area contributed by atoms with Crippen molar-refractivity contribution in [1.82, 2.24) is 4.98 Å². The van der Waals surface area contributed by atoms with E-state index >= 15 is 0 Å². The molecule has 0 saturated carbocycles. The Labute approximate surface area is 77.1 Å². The summed E-state index contributed by atoms with van der Waals surface area (Å²) in [7, 11) is 1.57. The second-order valence-corrected chi connectivity index (χ2v) is 2.44. The molecule has 0 amide bonds. The maximum absolute atomic E-state index is 10.0. The summed E-state index contributed by atoms with van der Waals surface area (Å²) in [5.74, 6) is 0.590. The molecule has 1 aromatic heterocycles. The molecule has 0 spiro atoms. The first-order valence-corrected chi connectivity index (χ1v) is 3.97. The summed E-state index contributed by atoms with van der Waals surface area (Å²) in [6.45, 7) is 0. The molecule has 1 heterocycles. The summed E-state index contributed by atoms with van der Waals surface area (Å²) in [6, 6.07) is 3.66. The van der Waals surface area contributed by atoms with Crippen LogP contribution in [0.25, 0.3) is 6.08 Å². The molecule has 0 aliphatic heterocycles. The van der Waals surface area contributed by atoms with E-state index in [9.17, 15) is 4.79 Å².